The number of halogens is 9. The average Bonchev–Trinajstić information content (AvgIpc) is 1.33. The van der Waals surface area contributed by atoms with Crippen LogP contribution in [0.2, 0.25) is 0 Å². The number of hydrogen-bond donors (Lipinski definition) is 1. The van der Waals surface area contributed by atoms with E-state index in [4.69, 9.17) is 14.6 Å². The number of pyridine rings is 6. The summed E-state index contributed by atoms with van der Waals surface area (Å²) in [6, 6.07) is 62.9. The first-order valence-corrected chi connectivity index (χ1v) is 27.1. The van der Waals surface area contributed by atoms with Crippen molar-refractivity contribution < 1.29 is 159 Å². The maximum Gasteiger partial charge on any atom is 0.155 e. The Labute approximate surface area is 622 Å². The van der Waals surface area contributed by atoms with Gasteiger partial charge in [0, 0.05) is 196 Å². The van der Waals surface area contributed by atoms with E-state index >= 15 is 0 Å². The molecule has 0 fully saturated rings. The smallest absolute Gasteiger partial charge is 0.155 e. The summed E-state index contributed by atoms with van der Waals surface area (Å²) in [5.41, 5.74) is 6.45. The zero-order valence-electron chi connectivity index (χ0n) is 50.9. The van der Waals surface area contributed by atoms with Crippen LogP contribution in [0.5, 0.6) is 11.5 Å². The predicted molar refractivity (Wildman–Crippen MR) is 331 cm³/mol. The van der Waals surface area contributed by atoms with Gasteiger partial charge in [0.2, 0.25) is 0 Å². The van der Waals surface area contributed by atoms with Crippen molar-refractivity contribution in [2.45, 2.75) is 13.8 Å². The molecule has 6 aromatic heterocycles. The monoisotopic (exact) mass is 2210 g/mol. The molecule has 0 amide bonds. The van der Waals surface area contributed by atoms with Gasteiger partial charge in [-0.25, -0.2) is 0 Å². The van der Waals surface area contributed by atoms with Crippen LogP contribution < -0.4 is 9.47 Å². The molecule has 1 N–H and O–H groups in total. The standard InChI is InChI=1S/C12H8F2NO.C12H9FNO.2C11H6F2N.2C11H7FN.C5H8O2.5Ir/c1-16-9-4-5-15-12(7-9)10-3-2-8(13)6-11(10)14;1-15-11-6-7-14-12(8-11)9-2-4-10(13)5-3-9;2*12-8-4-5-9(10(13)7-8)11-3-1-2-6-14-11;2*12-10-6-4-9(5-7-10)11-3-1-2-8-13-11;1-4(6)3-5(2)7;;;;;/h2,4-7H,1H3;2,4-8H,1H3;2*1-4,6-7H;2*1-4,6-8H;3,6H,1-2H3;;;;;/q6*-1;;;;;;. The molecule has 6 heterocycles. The topological polar surface area (TPSA) is 133 Å². The van der Waals surface area contributed by atoms with Gasteiger partial charge in [0.1, 0.15) is 11.5 Å². The number of ketones is 1. The number of aromatic nitrogens is 6. The Hall–Kier alpha value is -8.35. The Morgan fingerprint density at radius 1 is 0.351 bits per heavy atom. The number of hydrogen-bond acceptors (Lipinski definition) is 10. The number of benzene rings is 6. The number of carbonyl (C=O) groups is 1. The van der Waals surface area contributed by atoms with E-state index in [9.17, 15) is 44.3 Å². The normalized spacial score (nSPS) is 9.64. The van der Waals surface area contributed by atoms with Gasteiger partial charge in [0.05, 0.1) is 20.0 Å². The van der Waals surface area contributed by atoms with E-state index in [2.05, 4.69) is 66.3 Å². The van der Waals surface area contributed by atoms with Gasteiger partial charge in [-0.2, -0.15) is 0 Å². The number of methoxy groups -OCH3 is 2. The summed E-state index contributed by atoms with van der Waals surface area (Å²) >= 11 is 0. The molecular weight excluding hydrogens is 2160 g/mol. The van der Waals surface area contributed by atoms with Crippen LogP contribution in [-0.4, -0.2) is 55.0 Å². The fourth-order valence-electron chi connectivity index (χ4n) is 7.34. The van der Waals surface area contributed by atoms with Crippen molar-refractivity contribution in [1.82, 2.24) is 29.9 Å². The molecule has 12 aromatic rings. The molecule has 511 valence electrons. The van der Waals surface area contributed by atoms with Crippen LogP contribution in [0, 0.1) is 88.8 Å². The van der Waals surface area contributed by atoms with Crippen molar-refractivity contribution in [1.29, 1.82) is 0 Å². The minimum atomic E-state index is -0.694. The van der Waals surface area contributed by atoms with Gasteiger partial charge in [0.25, 0.3) is 0 Å². The van der Waals surface area contributed by atoms with Gasteiger partial charge >= 0.3 is 0 Å². The Morgan fingerprint density at radius 2 is 0.639 bits per heavy atom. The molecule has 0 spiro atoms. The molecule has 0 aliphatic rings. The number of rotatable bonds is 9. The molecule has 0 unspecified atom stereocenters. The van der Waals surface area contributed by atoms with Crippen molar-refractivity contribution in [3.05, 3.63) is 326 Å². The van der Waals surface area contributed by atoms with Crippen LogP contribution in [0.3, 0.4) is 0 Å². The predicted octanol–water partition coefficient (Wildman–Crippen LogP) is 17.6. The van der Waals surface area contributed by atoms with Crippen LogP contribution in [0.1, 0.15) is 13.8 Å². The summed E-state index contributed by atoms with van der Waals surface area (Å²) in [6.07, 6.45) is 10.8. The van der Waals surface area contributed by atoms with Gasteiger partial charge < -0.3 is 44.5 Å². The van der Waals surface area contributed by atoms with Crippen LogP contribution in [-0.2, 0) is 105 Å². The van der Waals surface area contributed by atoms with Gasteiger partial charge in [-0.3, -0.25) is 44.3 Å². The second-order valence-corrected chi connectivity index (χ2v) is 18.3. The summed E-state index contributed by atoms with van der Waals surface area (Å²) in [7, 11) is 3.09. The maximum atomic E-state index is 13.4. The van der Waals surface area contributed by atoms with E-state index in [0.717, 1.165) is 70.2 Å². The number of nitrogens with zero attached hydrogens (tertiary/aromatic N) is 6. The van der Waals surface area contributed by atoms with Gasteiger partial charge in [-0.15, -0.1) is 126 Å². The summed E-state index contributed by atoms with van der Waals surface area (Å²) in [5, 5.41) is 8.36. The molecule has 12 rings (SSSR count). The van der Waals surface area contributed by atoms with Gasteiger partial charge in [-0.1, -0.05) is 83.4 Å². The summed E-state index contributed by atoms with van der Waals surface area (Å²) in [4.78, 5) is 34.3. The van der Waals surface area contributed by atoms with E-state index < -0.39 is 34.9 Å². The summed E-state index contributed by atoms with van der Waals surface area (Å²) in [6.45, 7) is 2.85. The van der Waals surface area contributed by atoms with Crippen LogP contribution in [0.25, 0.3) is 67.5 Å². The molecule has 6 aromatic carbocycles. The minimum absolute atomic E-state index is 0. The Bertz CT molecular complexity index is 4080. The SMILES string of the molecule is CC(=O)C=C(C)O.COc1ccnc(-c2[c-]cc(F)cc2)c1.COc1ccnc(-c2[c-]cc(F)cc2F)c1.Fc1c[c-]c(-c2ccccn2)c(F)c1.Fc1c[c-]c(-c2ccccn2)c(F)c1.Fc1c[c-]c(-c2ccccn2)cc1.Fc1c[c-]c(-c2ccccn2)cc1.[Ir].[Ir].[Ir].[Ir].[Ir]. The van der Waals surface area contributed by atoms with Crippen LogP contribution >= 0.6 is 0 Å². The van der Waals surface area contributed by atoms with E-state index in [1.165, 1.54) is 69.6 Å². The molecule has 0 aliphatic heterocycles. The summed E-state index contributed by atoms with van der Waals surface area (Å²) < 4.78 is 126. The van der Waals surface area contributed by atoms with Crippen molar-refractivity contribution in [3.8, 4) is 79.0 Å². The molecule has 0 saturated carbocycles. The van der Waals surface area contributed by atoms with E-state index in [1.807, 2.05) is 36.4 Å². The molecule has 0 atom stereocenters. The Morgan fingerprint density at radius 3 is 0.907 bits per heavy atom. The first kappa shape index (κ1) is 86.7. The third kappa shape index (κ3) is 30.7. The molecule has 24 heteroatoms. The maximum absolute atomic E-state index is 13.4. The zero-order chi connectivity index (χ0) is 66.2. The number of allylic oxidation sites excluding steroid dienone is 2. The van der Waals surface area contributed by atoms with Crippen LogP contribution in [0.4, 0.5) is 39.5 Å². The molecular formula is C73H51F9Ir5N6O4-6. The average molecular weight is 2210 g/mol. The number of aliphatic hydroxyl groups is 1. The second-order valence-electron chi connectivity index (χ2n) is 18.3. The van der Waals surface area contributed by atoms with Crippen molar-refractivity contribution in [3.63, 3.8) is 0 Å². The molecule has 97 heavy (non-hydrogen) atoms. The fraction of sp³-hybridized carbons (Fsp3) is 0.0548. The first-order valence-electron chi connectivity index (χ1n) is 27.1. The zero-order valence-corrected chi connectivity index (χ0v) is 62.8. The minimum Gasteiger partial charge on any atom is -0.512 e. The number of aliphatic hydroxyl groups excluding tert-OH is 1. The van der Waals surface area contributed by atoms with Crippen molar-refractivity contribution >= 4 is 5.78 Å². The molecule has 0 bridgehead atoms. The second kappa shape index (κ2) is 46.7. The molecule has 0 saturated heterocycles. The molecule has 0 aliphatic carbocycles. The Balaban J connectivity index is 0.000000566. The first-order chi connectivity index (χ1) is 44.4. The third-order valence-electron chi connectivity index (χ3n) is 11.5. The molecule has 5 radical (unpaired) electrons. The molecule has 10 nitrogen and oxygen atoms in total. The fourth-order valence-corrected chi connectivity index (χ4v) is 7.34. The van der Waals surface area contributed by atoms with Crippen LogP contribution in [0.15, 0.2) is 237 Å². The van der Waals surface area contributed by atoms with Crippen molar-refractivity contribution in [2.24, 2.45) is 0 Å². The number of ether oxygens (including phenoxy) is 2. The van der Waals surface area contributed by atoms with E-state index in [0.29, 0.717) is 28.5 Å². The van der Waals surface area contributed by atoms with Gasteiger partial charge in [0.15, 0.2) is 5.78 Å². The van der Waals surface area contributed by atoms with E-state index in [-0.39, 0.29) is 146 Å². The van der Waals surface area contributed by atoms with E-state index in [1.54, 1.807) is 117 Å². The number of carbonyl (C=O) groups excluding carboxylic acids is 1. The quantitative estimate of drug-likeness (QED) is 0.0644. The summed E-state index contributed by atoms with van der Waals surface area (Å²) in [5.74, 6) is -3.57. The van der Waals surface area contributed by atoms with Gasteiger partial charge in [-0.05, 0) is 96.5 Å². The third-order valence-corrected chi connectivity index (χ3v) is 11.5. The Kier molecular flexibility index (Phi) is 41.8. The largest absolute Gasteiger partial charge is 0.512 e. The van der Waals surface area contributed by atoms with Crippen molar-refractivity contribution in [2.75, 3.05) is 14.2 Å².